The van der Waals surface area contributed by atoms with Crippen molar-refractivity contribution in [3.8, 4) is 0 Å². The summed E-state index contributed by atoms with van der Waals surface area (Å²) in [6, 6.07) is 0.0236. The molecule has 1 unspecified atom stereocenters. The van der Waals surface area contributed by atoms with E-state index in [1.807, 2.05) is 25.7 Å². The highest BCUT2D eigenvalue weighted by Crippen LogP contribution is 2.33. The van der Waals surface area contributed by atoms with E-state index < -0.39 is 0 Å². The van der Waals surface area contributed by atoms with Crippen LogP contribution in [0.25, 0.3) is 0 Å². The summed E-state index contributed by atoms with van der Waals surface area (Å²) < 4.78 is 0. The molecule has 4 heteroatoms. The van der Waals surface area contributed by atoms with Crippen molar-refractivity contribution in [2.45, 2.75) is 64.5 Å². The largest absolute Gasteiger partial charge is 0.396 e. The Hall–Kier alpha value is -0.770. The molecule has 0 bridgehead atoms. The second-order valence-electron chi connectivity index (χ2n) is 6.26. The second kappa shape index (κ2) is 5.25. The number of aliphatic hydroxyl groups is 1. The zero-order valence-corrected chi connectivity index (χ0v) is 11.5. The van der Waals surface area contributed by atoms with Crippen LogP contribution in [0.4, 0.5) is 4.79 Å². The molecule has 0 radical (unpaired) electrons. The lowest BCUT2D eigenvalue weighted by atomic mass is 9.93. The van der Waals surface area contributed by atoms with Crippen molar-refractivity contribution in [1.82, 2.24) is 10.2 Å². The fraction of sp³-hybridized carbons (Fsp3) is 0.923. The third-order valence-corrected chi connectivity index (χ3v) is 3.35. The minimum Gasteiger partial charge on any atom is -0.396 e. The number of likely N-dealkylation sites (tertiary alicyclic amines) is 1. The van der Waals surface area contributed by atoms with E-state index in [2.05, 4.69) is 12.2 Å². The first kappa shape index (κ1) is 14.3. The van der Waals surface area contributed by atoms with Gasteiger partial charge >= 0.3 is 6.03 Å². The van der Waals surface area contributed by atoms with Gasteiger partial charge in [0, 0.05) is 24.2 Å². The highest BCUT2D eigenvalue weighted by molar-refractivity contribution is 5.76. The predicted octanol–water partition coefficient (Wildman–Crippen LogP) is 2.12. The lowest BCUT2D eigenvalue weighted by molar-refractivity contribution is 0.135. The average molecular weight is 242 g/mol. The first-order valence-electron chi connectivity index (χ1n) is 6.49. The maximum Gasteiger partial charge on any atom is 0.318 e. The first-order valence-corrected chi connectivity index (χ1v) is 6.49. The van der Waals surface area contributed by atoms with Crippen molar-refractivity contribution in [3.05, 3.63) is 0 Å². The molecule has 0 aliphatic carbocycles. The van der Waals surface area contributed by atoms with Crippen LogP contribution in [0.15, 0.2) is 0 Å². The van der Waals surface area contributed by atoms with Crippen LogP contribution in [0.2, 0.25) is 0 Å². The molecule has 1 saturated heterocycles. The van der Waals surface area contributed by atoms with Gasteiger partial charge in [0.25, 0.3) is 0 Å². The van der Waals surface area contributed by atoms with Crippen LogP contribution in [-0.2, 0) is 0 Å². The Kier molecular flexibility index (Phi) is 4.42. The quantitative estimate of drug-likeness (QED) is 0.796. The summed E-state index contributed by atoms with van der Waals surface area (Å²) in [6.07, 6.45) is 3.72. The molecule has 1 aliphatic rings. The Balaban J connectivity index is 2.65. The van der Waals surface area contributed by atoms with Gasteiger partial charge in [0.2, 0.25) is 0 Å². The van der Waals surface area contributed by atoms with Crippen LogP contribution in [-0.4, -0.2) is 40.3 Å². The van der Waals surface area contributed by atoms with Crippen LogP contribution in [0.3, 0.4) is 0 Å². The highest BCUT2D eigenvalue weighted by atomic mass is 16.3. The minimum absolute atomic E-state index is 0.0236. The SMILES string of the molecule is CC(C)(C)NC(=O)N1CCCC1(C)CCCO. The monoisotopic (exact) mass is 242 g/mol. The molecule has 4 nitrogen and oxygen atoms in total. The van der Waals surface area contributed by atoms with Crippen molar-refractivity contribution in [1.29, 1.82) is 0 Å². The van der Waals surface area contributed by atoms with Gasteiger partial charge in [0.1, 0.15) is 0 Å². The average Bonchev–Trinajstić information content (AvgIpc) is 2.55. The maximum absolute atomic E-state index is 12.2. The molecule has 0 aromatic heterocycles. The van der Waals surface area contributed by atoms with Crippen LogP contribution in [0, 0.1) is 0 Å². The molecule has 0 spiro atoms. The molecule has 100 valence electrons. The lowest BCUT2D eigenvalue weighted by Gasteiger charge is -2.37. The van der Waals surface area contributed by atoms with Crippen molar-refractivity contribution in [3.63, 3.8) is 0 Å². The molecule has 17 heavy (non-hydrogen) atoms. The smallest absolute Gasteiger partial charge is 0.318 e. The summed E-state index contributed by atoms with van der Waals surface area (Å²) in [7, 11) is 0. The van der Waals surface area contributed by atoms with Crippen LogP contribution in [0.5, 0.6) is 0 Å². The molecule has 1 rings (SSSR count). The van der Waals surface area contributed by atoms with E-state index >= 15 is 0 Å². The molecule has 1 aliphatic heterocycles. The molecule has 1 heterocycles. The summed E-state index contributed by atoms with van der Waals surface area (Å²) in [5.41, 5.74) is -0.282. The summed E-state index contributed by atoms with van der Waals surface area (Å²) >= 11 is 0. The molecule has 1 atom stereocenters. The van der Waals surface area contributed by atoms with Crippen LogP contribution >= 0.6 is 0 Å². The van der Waals surface area contributed by atoms with Gasteiger partial charge in [-0.15, -0.1) is 0 Å². The standard InChI is InChI=1S/C13H26N2O2/c1-12(2,3)14-11(17)15-9-5-7-13(15,4)8-6-10-16/h16H,5-10H2,1-4H3,(H,14,17). The Labute approximate surface area is 104 Å². The number of carbonyl (C=O) groups is 1. The number of amides is 2. The van der Waals surface area contributed by atoms with Gasteiger partial charge in [-0.2, -0.15) is 0 Å². The molecule has 2 amide bonds. The highest BCUT2D eigenvalue weighted by Gasteiger charge is 2.39. The van der Waals surface area contributed by atoms with Gasteiger partial charge in [-0.25, -0.2) is 4.79 Å². The normalized spacial score (nSPS) is 25.1. The molecule has 0 aromatic carbocycles. The molecular weight excluding hydrogens is 216 g/mol. The van der Waals surface area contributed by atoms with E-state index in [1.54, 1.807) is 0 Å². The van der Waals surface area contributed by atoms with Crippen molar-refractivity contribution < 1.29 is 9.90 Å². The first-order chi connectivity index (χ1) is 7.78. The molecular formula is C13H26N2O2. The second-order valence-corrected chi connectivity index (χ2v) is 6.26. The summed E-state index contributed by atoms with van der Waals surface area (Å²) in [5.74, 6) is 0. The number of nitrogens with zero attached hydrogens (tertiary/aromatic N) is 1. The predicted molar refractivity (Wildman–Crippen MR) is 68.9 cm³/mol. The molecule has 0 saturated carbocycles. The van der Waals surface area contributed by atoms with E-state index in [-0.39, 0.29) is 23.7 Å². The Morgan fingerprint density at radius 2 is 2.12 bits per heavy atom. The molecule has 0 aromatic rings. The maximum atomic E-state index is 12.2. The Morgan fingerprint density at radius 1 is 1.47 bits per heavy atom. The fourth-order valence-electron chi connectivity index (χ4n) is 2.48. The van der Waals surface area contributed by atoms with E-state index in [1.165, 1.54) is 0 Å². The zero-order valence-electron chi connectivity index (χ0n) is 11.5. The topological polar surface area (TPSA) is 52.6 Å². The lowest BCUT2D eigenvalue weighted by Crippen LogP contribution is -2.54. The molecule has 2 N–H and O–H groups in total. The van der Waals surface area contributed by atoms with Gasteiger partial charge in [0.05, 0.1) is 0 Å². The van der Waals surface area contributed by atoms with Crippen molar-refractivity contribution in [2.75, 3.05) is 13.2 Å². The minimum atomic E-state index is -0.197. The van der Waals surface area contributed by atoms with Crippen molar-refractivity contribution >= 4 is 6.03 Å². The Bertz CT molecular complexity index is 273. The fourth-order valence-corrected chi connectivity index (χ4v) is 2.48. The molecule has 1 fully saturated rings. The van der Waals surface area contributed by atoms with Gasteiger partial charge in [-0.1, -0.05) is 0 Å². The van der Waals surface area contributed by atoms with E-state index in [9.17, 15) is 4.79 Å². The van der Waals surface area contributed by atoms with Crippen molar-refractivity contribution in [2.24, 2.45) is 0 Å². The van der Waals surface area contributed by atoms with Gasteiger partial charge in [-0.05, 0) is 53.4 Å². The van der Waals surface area contributed by atoms with Gasteiger partial charge in [0.15, 0.2) is 0 Å². The van der Waals surface area contributed by atoms with Crippen LogP contribution in [0.1, 0.15) is 53.4 Å². The van der Waals surface area contributed by atoms with Gasteiger partial charge < -0.3 is 15.3 Å². The number of urea groups is 1. The van der Waals surface area contributed by atoms with Crippen LogP contribution < -0.4 is 5.32 Å². The third kappa shape index (κ3) is 3.87. The third-order valence-electron chi connectivity index (χ3n) is 3.35. The summed E-state index contributed by atoms with van der Waals surface area (Å²) in [5, 5.41) is 12.0. The van der Waals surface area contributed by atoms with E-state index in [4.69, 9.17) is 5.11 Å². The number of carbonyl (C=O) groups excluding carboxylic acids is 1. The number of aliphatic hydroxyl groups excluding tert-OH is 1. The van der Waals surface area contributed by atoms with E-state index in [0.29, 0.717) is 0 Å². The summed E-state index contributed by atoms with van der Waals surface area (Å²) in [6.45, 7) is 9.12. The number of hydrogen-bond donors (Lipinski definition) is 2. The number of hydrogen-bond acceptors (Lipinski definition) is 2. The van der Waals surface area contributed by atoms with E-state index in [0.717, 1.165) is 32.2 Å². The zero-order chi connectivity index (χ0) is 13.1. The Morgan fingerprint density at radius 3 is 2.65 bits per heavy atom. The van der Waals surface area contributed by atoms with Gasteiger partial charge in [-0.3, -0.25) is 0 Å². The summed E-state index contributed by atoms with van der Waals surface area (Å²) in [4.78, 5) is 14.1. The number of nitrogens with one attached hydrogen (secondary N) is 1. The number of rotatable bonds is 3.